The number of nitrogens with one attached hydrogen (secondary N) is 3. The zero-order valence-corrected chi connectivity index (χ0v) is 16.1. The Hall–Kier alpha value is -1.85. The lowest BCUT2D eigenvalue weighted by atomic mass is 10.0. The summed E-state index contributed by atoms with van der Waals surface area (Å²) < 4.78 is 0. The highest BCUT2D eigenvalue weighted by molar-refractivity contribution is 7.80. The van der Waals surface area contributed by atoms with E-state index >= 15 is 0 Å². The molecular weight excluding hydrogens is 364 g/mol. The van der Waals surface area contributed by atoms with Gasteiger partial charge in [0.25, 0.3) is 0 Å². The number of aliphatic hydroxyl groups excluding tert-OH is 1. The quantitative estimate of drug-likeness (QED) is 0.207. The first kappa shape index (κ1) is 24.1. The fourth-order valence-electron chi connectivity index (χ4n) is 1.85. The standard InChI is InChI=1S/C15H28N4O6S/c1-6(2)11(19-13(22)10(16)8(4)20)14(23)17-7(3)12(21)18-9(5-26)15(24)25/h6-11,20,26H,5,16H2,1-4H3,(H,17,23)(H,18,21)(H,19,22)(H,24,25). The maximum atomic E-state index is 12.4. The molecule has 5 unspecified atom stereocenters. The minimum atomic E-state index is -1.24. The van der Waals surface area contributed by atoms with Crippen molar-refractivity contribution in [2.75, 3.05) is 5.75 Å². The maximum Gasteiger partial charge on any atom is 0.327 e. The van der Waals surface area contributed by atoms with Crippen LogP contribution in [-0.4, -0.2) is 69.9 Å². The molecule has 0 aromatic heterocycles. The van der Waals surface area contributed by atoms with E-state index in [1.807, 2.05) is 0 Å². The van der Waals surface area contributed by atoms with Crippen LogP contribution in [0.4, 0.5) is 0 Å². The van der Waals surface area contributed by atoms with Crippen LogP contribution in [0.2, 0.25) is 0 Å². The first-order valence-electron chi connectivity index (χ1n) is 8.10. The fourth-order valence-corrected chi connectivity index (χ4v) is 2.10. The molecule has 0 radical (unpaired) electrons. The van der Waals surface area contributed by atoms with E-state index in [2.05, 4.69) is 28.6 Å². The molecule has 0 saturated heterocycles. The predicted molar refractivity (Wildman–Crippen MR) is 97.4 cm³/mol. The Bertz CT molecular complexity index is 528. The van der Waals surface area contributed by atoms with Crippen molar-refractivity contribution in [1.82, 2.24) is 16.0 Å². The zero-order chi connectivity index (χ0) is 20.6. The van der Waals surface area contributed by atoms with Crippen LogP contribution in [-0.2, 0) is 19.2 Å². The lowest BCUT2D eigenvalue weighted by molar-refractivity contribution is -0.141. The van der Waals surface area contributed by atoms with Gasteiger partial charge in [0, 0.05) is 5.75 Å². The number of aliphatic hydroxyl groups is 1. The predicted octanol–water partition coefficient (Wildman–Crippen LogP) is -2.16. The van der Waals surface area contributed by atoms with Gasteiger partial charge in [0.2, 0.25) is 17.7 Å². The third kappa shape index (κ3) is 7.58. The van der Waals surface area contributed by atoms with E-state index in [0.29, 0.717) is 0 Å². The molecule has 0 heterocycles. The zero-order valence-electron chi connectivity index (χ0n) is 15.2. The van der Waals surface area contributed by atoms with Crippen LogP contribution in [0.15, 0.2) is 0 Å². The molecule has 5 atom stereocenters. The molecule has 0 saturated carbocycles. The Morgan fingerprint density at radius 3 is 1.88 bits per heavy atom. The van der Waals surface area contributed by atoms with Gasteiger partial charge >= 0.3 is 5.97 Å². The van der Waals surface area contributed by atoms with E-state index in [4.69, 9.17) is 10.8 Å². The molecule has 0 bridgehead atoms. The molecule has 0 spiro atoms. The second-order valence-corrected chi connectivity index (χ2v) is 6.67. The average Bonchev–Trinajstić information content (AvgIpc) is 2.54. The van der Waals surface area contributed by atoms with Crippen molar-refractivity contribution in [2.45, 2.75) is 58.0 Å². The van der Waals surface area contributed by atoms with Crippen molar-refractivity contribution < 1.29 is 29.4 Å². The molecule has 0 aliphatic carbocycles. The Labute approximate surface area is 157 Å². The van der Waals surface area contributed by atoms with Gasteiger partial charge in [-0.1, -0.05) is 13.8 Å². The fraction of sp³-hybridized carbons (Fsp3) is 0.733. The summed E-state index contributed by atoms with van der Waals surface area (Å²) in [6, 6.07) is -4.40. The Kier molecular flexibility index (Phi) is 10.2. The molecule has 7 N–H and O–H groups in total. The number of thiol groups is 1. The van der Waals surface area contributed by atoms with Crippen LogP contribution in [0.3, 0.4) is 0 Å². The summed E-state index contributed by atoms with van der Waals surface area (Å²) >= 11 is 3.84. The number of carboxylic acids is 1. The molecule has 0 rings (SSSR count). The largest absolute Gasteiger partial charge is 0.480 e. The van der Waals surface area contributed by atoms with E-state index < -0.39 is 54.0 Å². The second-order valence-electron chi connectivity index (χ2n) is 6.31. The lowest BCUT2D eigenvalue weighted by Gasteiger charge is -2.26. The molecule has 3 amide bonds. The van der Waals surface area contributed by atoms with Crippen LogP contribution in [0.1, 0.15) is 27.7 Å². The highest BCUT2D eigenvalue weighted by Crippen LogP contribution is 2.04. The summed E-state index contributed by atoms with van der Waals surface area (Å²) in [5.41, 5.74) is 5.54. The van der Waals surface area contributed by atoms with Crippen molar-refractivity contribution in [3.05, 3.63) is 0 Å². The van der Waals surface area contributed by atoms with Crippen molar-refractivity contribution >= 4 is 36.3 Å². The van der Waals surface area contributed by atoms with E-state index in [1.165, 1.54) is 13.8 Å². The lowest BCUT2D eigenvalue weighted by Crippen LogP contribution is -2.58. The number of carbonyl (C=O) groups is 4. The average molecular weight is 392 g/mol. The number of carboxylic acid groups (broad SMARTS) is 1. The van der Waals surface area contributed by atoms with Crippen molar-refractivity contribution in [1.29, 1.82) is 0 Å². The van der Waals surface area contributed by atoms with Crippen molar-refractivity contribution in [3.8, 4) is 0 Å². The highest BCUT2D eigenvalue weighted by Gasteiger charge is 2.30. The minimum Gasteiger partial charge on any atom is -0.480 e. The maximum absolute atomic E-state index is 12.4. The van der Waals surface area contributed by atoms with Crippen LogP contribution in [0.25, 0.3) is 0 Å². The van der Waals surface area contributed by atoms with Crippen LogP contribution < -0.4 is 21.7 Å². The third-order valence-electron chi connectivity index (χ3n) is 3.62. The van der Waals surface area contributed by atoms with Gasteiger partial charge in [-0.25, -0.2) is 4.79 Å². The number of hydrogen-bond donors (Lipinski definition) is 7. The normalized spacial score (nSPS) is 16.8. The number of rotatable bonds is 10. The van der Waals surface area contributed by atoms with Gasteiger partial charge in [0.05, 0.1) is 6.10 Å². The number of nitrogens with two attached hydrogens (primary N) is 1. The highest BCUT2D eigenvalue weighted by atomic mass is 32.1. The number of aliphatic carboxylic acids is 1. The van der Waals surface area contributed by atoms with Crippen LogP contribution in [0.5, 0.6) is 0 Å². The smallest absolute Gasteiger partial charge is 0.327 e. The molecule has 0 fully saturated rings. The topological polar surface area (TPSA) is 171 Å². The molecule has 0 aromatic carbocycles. The molecule has 10 nitrogen and oxygen atoms in total. The van der Waals surface area contributed by atoms with E-state index in [0.717, 1.165) is 0 Å². The second kappa shape index (κ2) is 11.0. The molecular formula is C15H28N4O6S. The summed E-state index contributed by atoms with van der Waals surface area (Å²) in [5, 5.41) is 25.4. The van der Waals surface area contributed by atoms with E-state index in [-0.39, 0.29) is 11.7 Å². The molecule has 0 aromatic rings. The minimum absolute atomic E-state index is 0.107. The first-order chi connectivity index (χ1) is 11.9. The summed E-state index contributed by atoms with van der Waals surface area (Å²) in [5.74, 6) is -3.71. The van der Waals surface area contributed by atoms with Gasteiger partial charge < -0.3 is 31.9 Å². The molecule has 26 heavy (non-hydrogen) atoms. The molecule has 0 aliphatic rings. The Morgan fingerprint density at radius 1 is 0.962 bits per heavy atom. The number of hydrogen-bond acceptors (Lipinski definition) is 7. The van der Waals surface area contributed by atoms with Crippen LogP contribution in [0, 0.1) is 5.92 Å². The summed E-state index contributed by atoms with van der Waals surface area (Å²) in [7, 11) is 0. The first-order valence-corrected chi connectivity index (χ1v) is 8.74. The van der Waals surface area contributed by atoms with Crippen molar-refractivity contribution in [2.24, 2.45) is 11.7 Å². The monoisotopic (exact) mass is 392 g/mol. The Morgan fingerprint density at radius 2 is 1.50 bits per heavy atom. The van der Waals surface area contributed by atoms with Crippen LogP contribution >= 0.6 is 12.6 Å². The summed E-state index contributed by atoms with van der Waals surface area (Å²) in [6.45, 7) is 6.10. The van der Waals surface area contributed by atoms with Gasteiger partial charge in [-0.2, -0.15) is 12.6 Å². The SMILES string of the molecule is CC(NC(=O)C(NC(=O)C(N)C(C)O)C(C)C)C(=O)NC(CS)C(=O)O. The molecule has 0 aliphatic heterocycles. The summed E-state index contributed by atoms with van der Waals surface area (Å²) in [4.78, 5) is 47.2. The number of carbonyl (C=O) groups excluding carboxylic acids is 3. The van der Waals surface area contributed by atoms with Crippen molar-refractivity contribution in [3.63, 3.8) is 0 Å². The van der Waals surface area contributed by atoms with E-state index in [1.54, 1.807) is 13.8 Å². The molecule has 11 heteroatoms. The summed E-state index contributed by atoms with van der Waals surface area (Å²) in [6.07, 6.45) is -1.09. The third-order valence-corrected chi connectivity index (χ3v) is 3.98. The number of amides is 3. The van der Waals surface area contributed by atoms with Gasteiger partial charge in [0.15, 0.2) is 0 Å². The van der Waals surface area contributed by atoms with Gasteiger partial charge in [-0.15, -0.1) is 0 Å². The molecule has 150 valence electrons. The van der Waals surface area contributed by atoms with Gasteiger partial charge in [-0.05, 0) is 19.8 Å². The Balaban J connectivity index is 4.92. The van der Waals surface area contributed by atoms with E-state index in [9.17, 15) is 24.3 Å². The van der Waals surface area contributed by atoms with Gasteiger partial charge in [-0.3, -0.25) is 14.4 Å². The van der Waals surface area contributed by atoms with Gasteiger partial charge in [0.1, 0.15) is 24.2 Å².